The molecule has 2 heterocycles. The van der Waals surface area contributed by atoms with E-state index in [2.05, 4.69) is 0 Å². The first-order chi connectivity index (χ1) is 20.4. The first-order valence-corrected chi connectivity index (χ1v) is 13.5. The lowest BCUT2D eigenvalue weighted by Gasteiger charge is -2.41. The molecular weight excluding hydrogens is 537 g/mol. The molecule has 0 saturated carbocycles. The lowest BCUT2D eigenvalue weighted by atomic mass is 9.98. The molecule has 0 bridgehead atoms. The van der Waals surface area contributed by atoms with E-state index in [4.69, 9.17) is 29.7 Å². The summed E-state index contributed by atoms with van der Waals surface area (Å²) in [5.74, 6) is -0.522. The number of imidazole rings is 1. The van der Waals surface area contributed by atoms with Crippen LogP contribution in [0, 0.1) is 5.82 Å². The van der Waals surface area contributed by atoms with Crippen molar-refractivity contribution in [2.75, 3.05) is 20.3 Å². The van der Waals surface area contributed by atoms with Crippen LogP contribution >= 0.6 is 0 Å². The summed E-state index contributed by atoms with van der Waals surface area (Å²) in [6.45, 7) is 3.07. The monoisotopic (exact) mass is 567 g/mol. The molecule has 1 saturated heterocycles. The second-order valence-electron chi connectivity index (χ2n) is 10.5. The zero-order valence-electron chi connectivity index (χ0n) is 23.3. The van der Waals surface area contributed by atoms with Gasteiger partial charge in [0.1, 0.15) is 19.0 Å². The molecule has 0 unspecified atom stereocenters. The minimum atomic E-state index is -0.648. The third-order valence-corrected chi connectivity index (χ3v) is 7.36. The number of nitrogens with two attached hydrogens (primary N) is 1. The van der Waals surface area contributed by atoms with Gasteiger partial charge in [0.15, 0.2) is 11.6 Å². The Kier molecular flexibility index (Phi) is 7.26. The molecule has 0 aliphatic carbocycles. The number of benzene rings is 4. The maximum absolute atomic E-state index is 16.8. The molecule has 9 heteroatoms. The molecule has 42 heavy (non-hydrogen) atoms. The molecule has 0 radical (unpaired) electrons. The van der Waals surface area contributed by atoms with Crippen molar-refractivity contribution in [2.24, 2.45) is 5.73 Å². The topological polar surface area (TPSA) is 97.8 Å². The molecule has 0 atom stereocenters. The molecule has 1 aliphatic rings. The lowest BCUT2D eigenvalue weighted by Crippen LogP contribution is -2.49. The van der Waals surface area contributed by atoms with Gasteiger partial charge in [-0.25, -0.2) is 9.37 Å². The maximum Gasteiger partial charge on any atom is 0.248 e. The fourth-order valence-corrected chi connectivity index (χ4v) is 5.12. The first kappa shape index (κ1) is 27.3. The van der Waals surface area contributed by atoms with Crippen molar-refractivity contribution < 1.29 is 28.1 Å². The number of fused-ring (bicyclic) bond motifs is 1. The molecule has 1 aliphatic heterocycles. The third-order valence-electron chi connectivity index (χ3n) is 7.36. The van der Waals surface area contributed by atoms with Crippen LogP contribution in [0.25, 0.3) is 22.4 Å². The summed E-state index contributed by atoms with van der Waals surface area (Å²) in [5, 5.41) is 0. The Balaban J connectivity index is 1.52. The Hall–Kier alpha value is -4.89. The normalized spacial score (nSPS) is 13.9. The van der Waals surface area contributed by atoms with E-state index in [0.717, 1.165) is 11.1 Å². The summed E-state index contributed by atoms with van der Waals surface area (Å²) in [7, 11) is 1.50. The molecule has 214 valence electrons. The summed E-state index contributed by atoms with van der Waals surface area (Å²) in [6, 6.07) is 25.6. The Morgan fingerprint density at radius 3 is 2.12 bits per heavy atom. The first-order valence-electron chi connectivity index (χ1n) is 13.5. The molecule has 1 aromatic heterocycles. The molecule has 5 aromatic rings. The maximum atomic E-state index is 16.8. The van der Waals surface area contributed by atoms with Gasteiger partial charge in [-0.3, -0.25) is 4.79 Å². The van der Waals surface area contributed by atoms with Crippen LogP contribution in [-0.4, -0.2) is 35.8 Å². The third kappa shape index (κ3) is 5.03. The molecule has 0 spiro atoms. The standard InChI is InChI=1S/C33H30FN3O5/c1-33(19-40-20-33)37-26-15-23(31(35)38)13-14-25(26)36-32(37)24-16-27(39-2)29(41-17-21-9-5-3-6-10-21)30(28(24)34)42-18-22-11-7-4-8-12-22/h3-16H,17-20H2,1-2H3,(H2,35,38). The molecule has 4 aromatic carbocycles. The van der Waals surface area contributed by atoms with Crippen molar-refractivity contribution in [3.8, 4) is 28.6 Å². The van der Waals surface area contributed by atoms with Crippen LogP contribution in [0.2, 0.25) is 0 Å². The molecule has 1 amide bonds. The van der Waals surface area contributed by atoms with Crippen molar-refractivity contribution in [1.29, 1.82) is 0 Å². The fourth-order valence-electron chi connectivity index (χ4n) is 5.12. The average Bonchev–Trinajstić information content (AvgIpc) is 3.38. The molecular formula is C33H30FN3O5. The quantitative estimate of drug-likeness (QED) is 0.227. The largest absolute Gasteiger partial charge is 0.493 e. The van der Waals surface area contributed by atoms with Gasteiger partial charge in [0.2, 0.25) is 17.4 Å². The van der Waals surface area contributed by atoms with Crippen LogP contribution < -0.4 is 19.9 Å². The average molecular weight is 568 g/mol. The minimum Gasteiger partial charge on any atom is -0.493 e. The van der Waals surface area contributed by atoms with Crippen LogP contribution in [0.1, 0.15) is 28.4 Å². The van der Waals surface area contributed by atoms with Crippen molar-refractivity contribution in [3.05, 3.63) is 107 Å². The highest BCUT2D eigenvalue weighted by Crippen LogP contribution is 2.47. The van der Waals surface area contributed by atoms with Gasteiger partial charge in [-0.1, -0.05) is 60.7 Å². The molecule has 6 rings (SSSR count). The van der Waals surface area contributed by atoms with Gasteiger partial charge in [0, 0.05) is 5.56 Å². The SMILES string of the molecule is COc1cc(-c2nc3ccc(C(N)=O)cc3n2C2(C)COC2)c(F)c(OCc2ccccc2)c1OCc1ccccc1. The molecule has 1 fully saturated rings. The van der Waals surface area contributed by atoms with Crippen LogP contribution in [0.3, 0.4) is 0 Å². The van der Waals surface area contributed by atoms with Crippen LogP contribution in [0.15, 0.2) is 84.9 Å². The number of ether oxygens (including phenoxy) is 4. The van der Waals surface area contributed by atoms with E-state index in [-0.39, 0.29) is 36.0 Å². The van der Waals surface area contributed by atoms with E-state index in [1.54, 1.807) is 24.3 Å². The van der Waals surface area contributed by atoms with Crippen molar-refractivity contribution >= 4 is 16.9 Å². The van der Waals surface area contributed by atoms with Crippen LogP contribution in [0.5, 0.6) is 17.2 Å². The second kappa shape index (κ2) is 11.2. The Bertz CT molecular complexity index is 1750. The summed E-state index contributed by atoms with van der Waals surface area (Å²) < 4.78 is 42.3. The van der Waals surface area contributed by atoms with Crippen molar-refractivity contribution in [3.63, 3.8) is 0 Å². The number of primary amides is 1. The number of methoxy groups -OCH3 is 1. The second-order valence-corrected chi connectivity index (χ2v) is 10.5. The number of hydrogen-bond acceptors (Lipinski definition) is 6. The van der Waals surface area contributed by atoms with Gasteiger partial charge in [-0.2, -0.15) is 0 Å². The van der Waals surface area contributed by atoms with Crippen molar-refractivity contribution in [1.82, 2.24) is 9.55 Å². The highest BCUT2D eigenvalue weighted by molar-refractivity contribution is 5.97. The number of carbonyl (C=O) groups excluding carboxylic acids is 1. The van der Waals surface area contributed by atoms with E-state index >= 15 is 4.39 Å². The Morgan fingerprint density at radius 2 is 1.57 bits per heavy atom. The number of rotatable bonds is 10. The zero-order valence-corrected chi connectivity index (χ0v) is 23.3. The van der Waals surface area contributed by atoms with Crippen LogP contribution in [0.4, 0.5) is 4.39 Å². The number of carbonyl (C=O) groups is 1. The number of halogens is 1. The van der Waals surface area contributed by atoms with E-state index in [0.29, 0.717) is 35.6 Å². The summed E-state index contributed by atoms with van der Waals surface area (Å²) in [6.07, 6.45) is 0. The Morgan fingerprint density at radius 1 is 0.952 bits per heavy atom. The summed E-state index contributed by atoms with van der Waals surface area (Å²) in [4.78, 5) is 16.8. The lowest BCUT2D eigenvalue weighted by molar-refractivity contribution is -0.0868. The summed E-state index contributed by atoms with van der Waals surface area (Å²) >= 11 is 0. The molecule has 2 N–H and O–H groups in total. The highest BCUT2D eigenvalue weighted by Gasteiger charge is 2.40. The smallest absolute Gasteiger partial charge is 0.248 e. The van der Waals surface area contributed by atoms with Gasteiger partial charge < -0.3 is 29.2 Å². The van der Waals surface area contributed by atoms with E-state index < -0.39 is 17.3 Å². The van der Waals surface area contributed by atoms with Gasteiger partial charge in [0.25, 0.3) is 0 Å². The van der Waals surface area contributed by atoms with Gasteiger partial charge in [-0.15, -0.1) is 0 Å². The molecule has 8 nitrogen and oxygen atoms in total. The van der Waals surface area contributed by atoms with E-state index in [1.165, 1.54) is 7.11 Å². The van der Waals surface area contributed by atoms with Gasteiger partial charge in [0.05, 0.1) is 42.5 Å². The highest BCUT2D eigenvalue weighted by atomic mass is 19.1. The van der Waals surface area contributed by atoms with Crippen LogP contribution in [-0.2, 0) is 23.5 Å². The number of hydrogen-bond donors (Lipinski definition) is 1. The number of amides is 1. The van der Waals surface area contributed by atoms with Crippen molar-refractivity contribution in [2.45, 2.75) is 25.7 Å². The van der Waals surface area contributed by atoms with Gasteiger partial charge >= 0.3 is 0 Å². The van der Waals surface area contributed by atoms with E-state index in [9.17, 15) is 4.79 Å². The zero-order chi connectivity index (χ0) is 29.3. The summed E-state index contributed by atoms with van der Waals surface area (Å²) in [5.41, 5.74) is 8.52. The number of aromatic nitrogens is 2. The fraction of sp³-hybridized carbons (Fsp3) is 0.212. The predicted molar refractivity (Wildman–Crippen MR) is 156 cm³/mol. The predicted octanol–water partition coefficient (Wildman–Crippen LogP) is 5.85. The van der Waals surface area contributed by atoms with E-state index in [1.807, 2.05) is 72.2 Å². The number of nitrogens with zero attached hydrogens (tertiary/aromatic N) is 2. The minimum absolute atomic E-state index is 0.0874. The van der Waals surface area contributed by atoms with Gasteiger partial charge in [-0.05, 0) is 42.3 Å². The Labute approximate surface area is 242 Å².